The summed E-state index contributed by atoms with van der Waals surface area (Å²) in [5.41, 5.74) is -0.672. The number of nitrogens with one attached hydrogen (secondary N) is 1. The van der Waals surface area contributed by atoms with Crippen molar-refractivity contribution in [2.24, 2.45) is 17.3 Å². The first-order valence-corrected chi connectivity index (χ1v) is 8.49. The van der Waals surface area contributed by atoms with E-state index in [-0.39, 0.29) is 18.5 Å². The van der Waals surface area contributed by atoms with Crippen molar-refractivity contribution >= 4 is 17.8 Å². The van der Waals surface area contributed by atoms with E-state index < -0.39 is 16.9 Å². The monoisotopic (exact) mass is 334 g/mol. The van der Waals surface area contributed by atoms with Gasteiger partial charge in [0.1, 0.15) is 0 Å². The molecule has 7 nitrogen and oxygen atoms in total. The molecule has 2 unspecified atom stereocenters. The molecule has 0 saturated heterocycles. The molecule has 1 aromatic rings. The minimum Gasteiger partial charge on any atom is -0.455 e. The molecule has 4 aliphatic carbocycles. The van der Waals surface area contributed by atoms with Crippen molar-refractivity contribution in [1.82, 2.24) is 5.16 Å². The van der Waals surface area contributed by atoms with E-state index in [0.717, 1.165) is 32.1 Å². The van der Waals surface area contributed by atoms with Crippen LogP contribution in [0.25, 0.3) is 0 Å². The summed E-state index contributed by atoms with van der Waals surface area (Å²) in [6, 6.07) is 1.59. The minimum absolute atomic E-state index is 0.234. The van der Waals surface area contributed by atoms with Crippen molar-refractivity contribution in [3.63, 3.8) is 0 Å². The van der Waals surface area contributed by atoms with E-state index in [0.29, 0.717) is 24.0 Å². The van der Waals surface area contributed by atoms with Crippen molar-refractivity contribution in [2.45, 2.75) is 51.0 Å². The standard InChI is InChI=1S/C17H22N2O5/c1-10-2-14(24-19-10)18-13(20)8-23-15(21)16-4-11-3-12(5-16)7-17(22,6-11)9-16/h2,11-12,22H,3-9H2,1H3,(H,18,20). The van der Waals surface area contributed by atoms with Crippen LogP contribution in [0, 0.1) is 24.2 Å². The maximum atomic E-state index is 12.7. The highest BCUT2D eigenvalue weighted by atomic mass is 16.5. The van der Waals surface area contributed by atoms with Gasteiger partial charge in [-0.2, -0.15) is 0 Å². The van der Waals surface area contributed by atoms with Gasteiger partial charge in [0.25, 0.3) is 5.91 Å². The molecular formula is C17H22N2O5. The summed E-state index contributed by atoms with van der Waals surface area (Å²) in [7, 11) is 0. The van der Waals surface area contributed by atoms with Crippen molar-refractivity contribution in [1.29, 1.82) is 0 Å². The number of anilines is 1. The van der Waals surface area contributed by atoms with Gasteiger partial charge in [0.2, 0.25) is 5.88 Å². The molecule has 24 heavy (non-hydrogen) atoms. The zero-order chi connectivity index (χ0) is 16.9. The van der Waals surface area contributed by atoms with Crippen LogP contribution >= 0.6 is 0 Å². The molecule has 1 aromatic heterocycles. The second-order valence-corrected chi connectivity index (χ2v) is 7.92. The van der Waals surface area contributed by atoms with Gasteiger partial charge in [-0.1, -0.05) is 5.16 Å². The van der Waals surface area contributed by atoms with Crippen LogP contribution in [0.1, 0.15) is 44.2 Å². The molecule has 0 spiro atoms. The molecule has 4 fully saturated rings. The highest BCUT2D eigenvalue weighted by Crippen LogP contribution is 2.61. The third-order valence-electron chi connectivity index (χ3n) is 5.69. The van der Waals surface area contributed by atoms with Gasteiger partial charge in [-0.25, -0.2) is 0 Å². The highest BCUT2D eigenvalue weighted by Gasteiger charge is 2.60. The Hall–Kier alpha value is -1.89. The Balaban J connectivity index is 1.37. The molecule has 4 saturated carbocycles. The molecule has 4 bridgehead atoms. The summed E-state index contributed by atoms with van der Waals surface area (Å²) in [4.78, 5) is 24.5. The zero-order valence-corrected chi connectivity index (χ0v) is 13.7. The average molecular weight is 334 g/mol. The van der Waals surface area contributed by atoms with E-state index in [9.17, 15) is 14.7 Å². The number of aliphatic hydroxyl groups is 1. The van der Waals surface area contributed by atoms with Crippen LogP contribution in [-0.4, -0.2) is 34.3 Å². The van der Waals surface area contributed by atoms with Gasteiger partial charge >= 0.3 is 5.97 Å². The average Bonchev–Trinajstić information content (AvgIpc) is 2.87. The molecule has 130 valence electrons. The van der Waals surface area contributed by atoms with Gasteiger partial charge < -0.3 is 14.4 Å². The summed E-state index contributed by atoms with van der Waals surface area (Å²) in [5.74, 6) is 0.226. The fraction of sp³-hybridized carbons (Fsp3) is 0.706. The van der Waals surface area contributed by atoms with Crippen LogP contribution in [0.3, 0.4) is 0 Å². The Morgan fingerprint density at radius 2 is 2.08 bits per heavy atom. The zero-order valence-electron chi connectivity index (χ0n) is 13.7. The third-order valence-corrected chi connectivity index (χ3v) is 5.69. The number of rotatable bonds is 4. The van der Waals surface area contributed by atoms with Gasteiger partial charge in [0.15, 0.2) is 6.61 Å². The van der Waals surface area contributed by atoms with E-state index in [2.05, 4.69) is 10.5 Å². The second kappa shape index (κ2) is 5.31. The molecular weight excluding hydrogens is 312 g/mol. The molecule has 5 rings (SSSR count). The quantitative estimate of drug-likeness (QED) is 0.814. The van der Waals surface area contributed by atoms with Crippen molar-refractivity contribution in [3.8, 4) is 0 Å². The molecule has 1 heterocycles. The number of esters is 1. The molecule has 0 radical (unpaired) electrons. The van der Waals surface area contributed by atoms with Gasteiger partial charge in [-0.05, 0) is 57.3 Å². The first kappa shape index (κ1) is 15.6. The number of amides is 1. The first-order chi connectivity index (χ1) is 11.4. The summed E-state index contributed by atoms with van der Waals surface area (Å²) in [6.45, 7) is 1.39. The number of aromatic nitrogens is 1. The number of ether oxygens (including phenoxy) is 1. The molecule has 2 atom stereocenters. The van der Waals surface area contributed by atoms with Crippen LogP contribution in [-0.2, 0) is 14.3 Å². The SMILES string of the molecule is Cc1cc(NC(=O)COC(=O)C23CC4CC(CC(O)(C4)C2)C3)on1. The van der Waals surface area contributed by atoms with E-state index in [1.54, 1.807) is 13.0 Å². The lowest BCUT2D eigenvalue weighted by Gasteiger charge is -2.58. The fourth-order valence-corrected chi connectivity index (χ4v) is 5.33. The molecule has 4 aliphatic rings. The van der Waals surface area contributed by atoms with E-state index in [1.165, 1.54) is 0 Å². The Kier molecular flexibility index (Phi) is 3.46. The molecule has 1 amide bonds. The Morgan fingerprint density at radius 3 is 2.67 bits per heavy atom. The van der Waals surface area contributed by atoms with Gasteiger partial charge in [-0.3, -0.25) is 14.9 Å². The number of carbonyl (C=O) groups excluding carboxylic acids is 2. The number of hydrogen-bond acceptors (Lipinski definition) is 6. The van der Waals surface area contributed by atoms with Crippen LogP contribution in [0.15, 0.2) is 10.6 Å². The number of carbonyl (C=O) groups is 2. The van der Waals surface area contributed by atoms with Crippen molar-refractivity contribution in [3.05, 3.63) is 11.8 Å². The summed E-state index contributed by atoms with van der Waals surface area (Å²) >= 11 is 0. The van der Waals surface area contributed by atoms with Crippen LogP contribution in [0.2, 0.25) is 0 Å². The Bertz CT molecular complexity index is 668. The number of nitrogens with zero attached hydrogens (tertiary/aromatic N) is 1. The van der Waals surface area contributed by atoms with Gasteiger partial charge in [-0.15, -0.1) is 0 Å². The maximum Gasteiger partial charge on any atom is 0.312 e. The fourth-order valence-electron chi connectivity index (χ4n) is 5.33. The lowest BCUT2D eigenvalue weighted by atomic mass is 9.48. The lowest BCUT2D eigenvalue weighted by molar-refractivity contribution is -0.196. The number of aryl methyl sites for hydroxylation is 1. The largest absolute Gasteiger partial charge is 0.455 e. The summed E-state index contributed by atoms with van der Waals surface area (Å²) < 4.78 is 10.2. The Labute approximate surface area is 139 Å². The predicted molar refractivity (Wildman–Crippen MR) is 82.9 cm³/mol. The van der Waals surface area contributed by atoms with Crippen LogP contribution < -0.4 is 5.32 Å². The lowest BCUT2D eigenvalue weighted by Crippen LogP contribution is -2.58. The molecule has 7 heteroatoms. The predicted octanol–water partition coefficient (Wildman–Crippen LogP) is 1.80. The smallest absolute Gasteiger partial charge is 0.312 e. The summed E-state index contributed by atoms with van der Waals surface area (Å²) in [6.07, 6.45) is 4.70. The van der Waals surface area contributed by atoms with E-state index in [1.807, 2.05) is 0 Å². The van der Waals surface area contributed by atoms with Gasteiger partial charge in [0, 0.05) is 6.07 Å². The van der Waals surface area contributed by atoms with Gasteiger partial charge in [0.05, 0.1) is 16.7 Å². The maximum absolute atomic E-state index is 12.7. The topological polar surface area (TPSA) is 102 Å². The molecule has 2 N–H and O–H groups in total. The second-order valence-electron chi connectivity index (χ2n) is 7.92. The third kappa shape index (κ3) is 2.70. The minimum atomic E-state index is -0.720. The first-order valence-electron chi connectivity index (χ1n) is 8.49. The summed E-state index contributed by atoms with van der Waals surface area (Å²) in [5, 5.41) is 16.9. The number of hydrogen-bond donors (Lipinski definition) is 2. The molecule has 0 aromatic carbocycles. The normalized spacial score (nSPS) is 36.6. The van der Waals surface area contributed by atoms with E-state index in [4.69, 9.17) is 9.26 Å². The van der Waals surface area contributed by atoms with Crippen molar-refractivity contribution in [2.75, 3.05) is 11.9 Å². The van der Waals surface area contributed by atoms with Crippen LogP contribution in [0.4, 0.5) is 5.88 Å². The van der Waals surface area contributed by atoms with Crippen molar-refractivity contribution < 1.29 is 24.0 Å². The Morgan fingerprint density at radius 1 is 1.38 bits per heavy atom. The highest BCUT2D eigenvalue weighted by molar-refractivity contribution is 5.92. The molecule has 0 aliphatic heterocycles. The van der Waals surface area contributed by atoms with E-state index >= 15 is 0 Å². The van der Waals surface area contributed by atoms with Crippen LogP contribution in [0.5, 0.6) is 0 Å².